The Balaban J connectivity index is 3.11. The molecule has 6 heteroatoms. The highest BCUT2D eigenvalue weighted by atomic mass is 16.6. The molecule has 0 aliphatic carbocycles. The van der Waals surface area contributed by atoms with E-state index in [1.807, 2.05) is 0 Å². The number of ether oxygens (including phenoxy) is 1. The molecular formula is C17H33N5O. The lowest BCUT2D eigenvalue weighted by atomic mass is 9.79. The molecule has 1 rings (SSSR count). The van der Waals surface area contributed by atoms with Crippen LogP contribution in [0.1, 0.15) is 58.2 Å². The van der Waals surface area contributed by atoms with Gasteiger partial charge in [-0.1, -0.05) is 59.7 Å². The molecular weight excluding hydrogens is 290 g/mol. The first-order valence-electron chi connectivity index (χ1n) is 7.88. The second-order valence-corrected chi connectivity index (χ2v) is 8.10. The van der Waals surface area contributed by atoms with Crippen LogP contribution in [-0.2, 0) is 22.1 Å². The van der Waals surface area contributed by atoms with Gasteiger partial charge in [0.15, 0.2) is 6.35 Å². The van der Waals surface area contributed by atoms with Crippen LogP contribution in [-0.4, -0.2) is 12.3 Å². The van der Waals surface area contributed by atoms with E-state index in [2.05, 4.69) is 65.1 Å². The summed E-state index contributed by atoms with van der Waals surface area (Å²) >= 11 is 0. The number of nitrogens with one attached hydrogen (secondary N) is 1. The first kappa shape index (κ1) is 20.0. The summed E-state index contributed by atoms with van der Waals surface area (Å²) in [5, 5.41) is 2.97. The first-order valence-corrected chi connectivity index (χ1v) is 7.88. The Labute approximate surface area is 139 Å². The molecule has 0 saturated heterocycles. The summed E-state index contributed by atoms with van der Waals surface area (Å²) in [5.74, 6) is -1.58. The Morgan fingerprint density at radius 1 is 1.00 bits per heavy atom. The second kappa shape index (κ2) is 6.84. The lowest BCUT2D eigenvalue weighted by Crippen LogP contribution is -2.66. The number of benzene rings is 1. The number of nitrogens with two attached hydrogens (primary N) is 4. The highest BCUT2D eigenvalue weighted by molar-refractivity contribution is 5.39. The van der Waals surface area contributed by atoms with E-state index in [4.69, 9.17) is 27.7 Å². The largest absolute Gasteiger partial charge is 0.303 e. The van der Waals surface area contributed by atoms with Gasteiger partial charge in [0.2, 0.25) is 5.97 Å². The molecule has 0 radical (unpaired) electrons. The molecule has 0 spiro atoms. The Morgan fingerprint density at radius 2 is 1.57 bits per heavy atom. The molecule has 0 saturated carbocycles. The molecule has 6 nitrogen and oxygen atoms in total. The van der Waals surface area contributed by atoms with E-state index in [0.717, 1.165) is 5.56 Å². The van der Waals surface area contributed by atoms with Crippen LogP contribution >= 0.6 is 0 Å². The van der Waals surface area contributed by atoms with Gasteiger partial charge in [-0.15, -0.1) is 0 Å². The molecule has 1 aromatic carbocycles. The minimum atomic E-state index is -1.58. The van der Waals surface area contributed by atoms with Crippen molar-refractivity contribution in [3.05, 3.63) is 34.9 Å². The van der Waals surface area contributed by atoms with Crippen molar-refractivity contribution >= 4 is 0 Å². The van der Waals surface area contributed by atoms with Crippen LogP contribution in [0.25, 0.3) is 0 Å². The quantitative estimate of drug-likeness (QED) is 0.517. The van der Waals surface area contributed by atoms with Crippen LogP contribution in [0.4, 0.5) is 0 Å². The second-order valence-electron chi connectivity index (χ2n) is 8.10. The van der Waals surface area contributed by atoms with Crippen LogP contribution < -0.4 is 28.3 Å². The van der Waals surface area contributed by atoms with Crippen molar-refractivity contribution in [2.75, 3.05) is 0 Å². The Hall–Kier alpha value is -1.02. The maximum absolute atomic E-state index is 5.83. The van der Waals surface area contributed by atoms with Crippen molar-refractivity contribution in [2.24, 2.45) is 22.9 Å². The average Bonchev–Trinajstić information content (AvgIpc) is 2.32. The van der Waals surface area contributed by atoms with Crippen molar-refractivity contribution in [1.29, 1.82) is 0 Å². The topological polar surface area (TPSA) is 125 Å². The summed E-state index contributed by atoms with van der Waals surface area (Å²) in [6.07, 6.45) is -1.04. The fourth-order valence-corrected chi connectivity index (χ4v) is 2.44. The molecule has 0 bridgehead atoms. The van der Waals surface area contributed by atoms with Crippen molar-refractivity contribution < 1.29 is 4.74 Å². The van der Waals surface area contributed by atoms with E-state index in [1.165, 1.54) is 11.1 Å². The number of hydrogen-bond acceptors (Lipinski definition) is 6. The van der Waals surface area contributed by atoms with Crippen LogP contribution in [0, 0.1) is 0 Å². The number of rotatable bonds is 5. The molecule has 0 aromatic heterocycles. The van der Waals surface area contributed by atoms with Gasteiger partial charge in [-0.3, -0.25) is 28.3 Å². The molecule has 0 atom stereocenters. The van der Waals surface area contributed by atoms with Crippen molar-refractivity contribution in [1.82, 2.24) is 5.32 Å². The predicted octanol–water partition coefficient (Wildman–Crippen LogP) is 1.12. The summed E-state index contributed by atoms with van der Waals surface area (Å²) in [6.45, 7) is 13.5. The number of hydrogen-bond donors (Lipinski definition) is 5. The Morgan fingerprint density at radius 3 is 2.00 bits per heavy atom. The summed E-state index contributed by atoms with van der Waals surface area (Å²) in [6, 6.07) is 6.53. The van der Waals surface area contributed by atoms with Crippen LogP contribution in [0.15, 0.2) is 18.2 Å². The van der Waals surface area contributed by atoms with Gasteiger partial charge in [-0.05, 0) is 27.5 Å². The summed E-state index contributed by atoms with van der Waals surface area (Å²) in [7, 11) is 0. The van der Waals surface area contributed by atoms with E-state index in [-0.39, 0.29) is 10.8 Å². The van der Waals surface area contributed by atoms with E-state index in [0.29, 0.717) is 6.54 Å². The van der Waals surface area contributed by atoms with E-state index >= 15 is 0 Å². The minimum absolute atomic E-state index is 0.00438. The zero-order valence-electron chi connectivity index (χ0n) is 15.2. The highest BCUT2D eigenvalue weighted by Crippen LogP contribution is 2.30. The molecule has 0 heterocycles. The third-order valence-corrected chi connectivity index (χ3v) is 3.67. The van der Waals surface area contributed by atoms with Gasteiger partial charge >= 0.3 is 0 Å². The van der Waals surface area contributed by atoms with Crippen LogP contribution in [0.2, 0.25) is 0 Å². The van der Waals surface area contributed by atoms with E-state index in [1.54, 1.807) is 0 Å². The van der Waals surface area contributed by atoms with E-state index in [9.17, 15) is 0 Å². The van der Waals surface area contributed by atoms with Crippen LogP contribution in [0.5, 0.6) is 0 Å². The molecule has 132 valence electrons. The smallest absolute Gasteiger partial charge is 0.233 e. The Bertz CT molecular complexity index is 527. The molecule has 23 heavy (non-hydrogen) atoms. The third kappa shape index (κ3) is 6.18. The highest BCUT2D eigenvalue weighted by Gasteiger charge is 2.25. The van der Waals surface area contributed by atoms with Crippen molar-refractivity contribution in [3.63, 3.8) is 0 Å². The molecule has 1 aromatic rings. The lowest BCUT2D eigenvalue weighted by molar-refractivity contribution is -0.105. The summed E-state index contributed by atoms with van der Waals surface area (Å²) < 4.78 is 5.08. The zero-order valence-corrected chi connectivity index (χ0v) is 15.2. The maximum atomic E-state index is 5.83. The van der Waals surface area contributed by atoms with Gasteiger partial charge in [0.1, 0.15) is 0 Å². The van der Waals surface area contributed by atoms with Crippen LogP contribution in [0.3, 0.4) is 0 Å². The summed E-state index contributed by atoms with van der Waals surface area (Å²) in [5.41, 5.74) is 26.1. The molecule has 9 N–H and O–H groups in total. The fourth-order valence-electron chi connectivity index (χ4n) is 2.44. The Kier molecular flexibility index (Phi) is 5.96. The molecule has 0 aliphatic heterocycles. The third-order valence-electron chi connectivity index (χ3n) is 3.67. The van der Waals surface area contributed by atoms with Gasteiger partial charge < -0.3 is 4.74 Å². The standard InChI is InChI=1S/C17H33N5O/c1-15(2,3)12-7-8-13(16(4,5)6)11(9-12)10-22-17(20,21)23-14(18)19/h7-9,14,22H,10,18-21H2,1-6H3. The fraction of sp³-hybridized carbons (Fsp3) is 0.647. The van der Waals surface area contributed by atoms with Gasteiger partial charge in [0.25, 0.3) is 0 Å². The zero-order chi connectivity index (χ0) is 18.1. The van der Waals surface area contributed by atoms with E-state index < -0.39 is 12.3 Å². The van der Waals surface area contributed by atoms with Crippen molar-refractivity contribution in [2.45, 2.75) is 71.2 Å². The SMILES string of the molecule is CC(C)(C)c1ccc(C(C)(C)C)c(CNC(N)(N)OC(N)N)c1. The lowest BCUT2D eigenvalue weighted by Gasteiger charge is -2.30. The molecule has 0 fully saturated rings. The normalized spacial score (nSPS) is 13.7. The summed E-state index contributed by atoms with van der Waals surface area (Å²) in [4.78, 5) is 0. The molecule has 0 aliphatic rings. The minimum Gasteiger partial charge on any atom is -0.303 e. The monoisotopic (exact) mass is 323 g/mol. The molecule has 0 amide bonds. The van der Waals surface area contributed by atoms with Crippen molar-refractivity contribution in [3.8, 4) is 0 Å². The van der Waals surface area contributed by atoms with Gasteiger partial charge in [-0.25, -0.2) is 0 Å². The molecule has 0 unspecified atom stereocenters. The van der Waals surface area contributed by atoms with Gasteiger partial charge in [0.05, 0.1) is 0 Å². The van der Waals surface area contributed by atoms with Gasteiger partial charge in [0, 0.05) is 6.54 Å². The predicted molar refractivity (Wildman–Crippen MR) is 95.0 cm³/mol. The maximum Gasteiger partial charge on any atom is 0.233 e. The first-order chi connectivity index (χ1) is 10.2. The average molecular weight is 323 g/mol. The van der Waals surface area contributed by atoms with Gasteiger partial charge in [-0.2, -0.15) is 0 Å².